The lowest BCUT2D eigenvalue weighted by Gasteiger charge is -2.32. The summed E-state index contributed by atoms with van der Waals surface area (Å²) >= 11 is 0. The van der Waals surface area contributed by atoms with E-state index in [1.165, 1.54) is 0 Å². The summed E-state index contributed by atoms with van der Waals surface area (Å²) < 4.78 is 13.0. The topological polar surface area (TPSA) is 86.0 Å². The van der Waals surface area contributed by atoms with Crippen LogP contribution in [0.2, 0.25) is 0 Å². The molecule has 1 aliphatic heterocycles. The highest BCUT2D eigenvalue weighted by atomic mass is 16.6. The van der Waals surface area contributed by atoms with Crippen molar-refractivity contribution in [2.75, 3.05) is 19.7 Å². The van der Waals surface area contributed by atoms with Gasteiger partial charge in [0, 0.05) is 24.8 Å². The zero-order valence-electron chi connectivity index (χ0n) is 21.3. The predicted octanol–water partition coefficient (Wildman–Crippen LogP) is 4.66. The minimum atomic E-state index is -0.937. The highest BCUT2D eigenvalue weighted by Crippen LogP contribution is 2.40. The van der Waals surface area contributed by atoms with Gasteiger partial charge in [-0.25, -0.2) is 14.3 Å². The van der Waals surface area contributed by atoms with E-state index < -0.39 is 5.41 Å². The van der Waals surface area contributed by atoms with E-state index in [0.29, 0.717) is 26.1 Å². The Labute approximate surface area is 211 Å². The van der Waals surface area contributed by atoms with E-state index in [1.54, 1.807) is 10.7 Å². The van der Waals surface area contributed by atoms with Crippen molar-refractivity contribution in [3.05, 3.63) is 65.6 Å². The molecule has 0 bridgehead atoms. The third-order valence-corrected chi connectivity index (χ3v) is 7.60. The fourth-order valence-electron chi connectivity index (χ4n) is 5.10. The van der Waals surface area contributed by atoms with Crippen molar-refractivity contribution in [2.45, 2.75) is 69.8 Å². The van der Waals surface area contributed by atoms with Crippen LogP contribution in [0.1, 0.15) is 69.2 Å². The number of likely N-dealkylation sites (tertiary alicyclic amines) is 1. The lowest BCUT2D eigenvalue weighted by molar-refractivity contribution is -0.149. The molecular weight excluding hydrogens is 456 g/mol. The van der Waals surface area contributed by atoms with E-state index in [4.69, 9.17) is 14.6 Å². The minimum absolute atomic E-state index is 0.208. The zero-order chi connectivity index (χ0) is 25.3. The number of rotatable bonds is 7. The molecule has 0 N–H and O–H groups in total. The molecule has 8 nitrogen and oxygen atoms in total. The lowest BCUT2D eigenvalue weighted by Crippen LogP contribution is -2.40. The third-order valence-electron chi connectivity index (χ3n) is 7.60. The number of hydrogen-bond acceptors (Lipinski definition) is 6. The Morgan fingerprint density at radius 2 is 1.86 bits per heavy atom. The second-order valence-electron chi connectivity index (χ2n) is 10.5. The van der Waals surface area contributed by atoms with Crippen LogP contribution in [-0.4, -0.2) is 56.9 Å². The maximum Gasteiger partial charge on any atom is 0.410 e. The number of ether oxygens (including phenoxy) is 2. The maximum atomic E-state index is 13.3. The number of carbonyl (C=O) groups excluding carboxylic acids is 2. The van der Waals surface area contributed by atoms with Gasteiger partial charge in [0.1, 0.15) is 11.0 Å². The number of nitrogens with zero attached hydrogens (tertiary/aromatic N) is 4. The fourth-order valence-corrected chi connectivity index (χ4v) is 5.10. The monoisotopic (exact) mass is 490 g/mol. The highest BCUT2D eigenvalue weighted by molar-refractivity contribution is 5.83. The number of fused-ring (bicyclic) bond motifs is 1. The molecule has 1 unspecified atom stereocenters. The smallest absolute Gasteiger partial charge is 0.410 e. The van der Waals surface area contributed by atoms with Gasteiger partial charge in [-0.1, -0.05) is 30.3 Å². The fraction of sp³-hybridized carbons (Fsp3) is 0.500. The molecule has 0 spiro atoms. The Morgan fingerprint density at radius 1 is 1.14 bits per heavy atom. The SMILES string of the molecule is CCOC(=O)C(C)(Cc1ccccc1)c1ccnc2c(C3CCN(C(=O)OC4(C)CC4)CC3)cnn12. The number of amides is 1. The maximum absolute atomic E-state index is 13.3. The molecule has 1 saturated heterocycles. The quantitative estimate of drug-likeness (QED) is 0.448. The van der Waals surface area contributed by atoms with Crippen molar-refractivity contribution in [1.29, 1.82) is 0 Å². The molecule has 1 amide bonds. The van der Waals surface area contributed by atoms with E-state index >= 15 is 0 Å². The van der Waals surface area contributed by atoms with E-state index in [2.05, 4.69) is 4.98 Å². The first-order chi connectivity index (χ1) is 17.3. The second kappa shape index (κ2) is 9.56. The number of piperidine rings is 1. The molecule has 1 atom stereocenters. The third kappa shape index (κ3) is 4.68. The Hall–Kier alpha value is -3.42. The van der Waals surface area contributed by atoms with Gasteiger partial charge >= 0.3 is 12.1 Å². The van der Waals surface area contributed by atoms with E-state index in [0.717, 1.165) is 48.2 Å². The van der Waals surface area contributed by atoms with E-state index in [-0.39, 0.29) is 23.6 Å². The average Bonchev–Trinajstić information content (AvgIpc) is 3.45. The first-order valence-electron chi connectivity index (χ1n) is 12.9. The van der Waals surface area contributed by atoms with Crippen molar-refractivity contribution < 1.29 is 19.1 Å². The number of aromatic nitrogens is 3. The summed E-state index contributed by atoms with van der Waals surface area (Å²) in [7, 11) is 0. The molecule has 0 radical (unpaired) electrons. The van der Waals surface area contributed by atoms with Gasteiger partial charge in [-0.2, -0.15) is 5.10 Å². The number of esters is 1. The molecule has 1 aliphatic carbocycles. The number of carbonyl (C=O) groups is 2. The van der Waals surface area contributed by atoms with Gasteiger partial charge in [-0.3, -0.25) is 4.79 Å². The van der Waals surface area contributed by atoms with Gasteiger partial charge in [0.05, 0.1) is 18.5 Å². The van der Waals surface area contributed by atoms with Crippen molar-refractivity contribution in [1.82, 2.24) is 19.5 Å². The molecule has 1 saturated carbocycles. The normalized spacial score (nSPS) is 19.0. The molecule has 8 heteroatoms. The van der Waals surface area contributed by atoms with Gasteiger partial charge in [0.15, 0.2) is 5.65 Å². The summed E-state index contributed by atoms with van der Waals surface area (Å²) in [4.78, 5) is 32.3. The Morgan fingerprint density at radius 3 is 2.53 bits per heavy atom. The van der Waals surface area contributed by atoms with E-state index in [1.807, 2.05) is 68.3 Å². The van der Waals surface area contributed by atoms with Crippen LogP contribution < -0.4 is 0 Å². The number of benzene rings is 1. The zero-order valence-corrected chi connectivity index (χ0v) is 21.3. The van der Waals surface area contributed by atoms with Crippen molar-refractivity contribution >= 4 is 17.7 Å². The van der Waals surface area contributed by atoms with Crippen molar-refractivity contribution in [3.8, 4) is 0 Å². The highest BCUT2D eigenvalue weighted by Gasteiger charge is 2.43. The summed E-state index contributed by atoms with van der Waals surface area (Å²) in [5, 5.41) is 4.70. The summed E-state index contributed by atoms with van der Waals surface area (Å²) in [5.74, 6) is -0.0524. The molecule has 2 aromatic heterocycles. The van der Waals surface area contributed by atoms with Crippen LogP contribution in [0.3, 0.4) is 0 Å². The summed E-state index contributed by atoms with van der Waals surface area (Å²) in [5.41, 5.74) is 2.40. The second-order valence-corrected chi connectivity index (χ2v) is 10.5. The van der Waals surface area contributed by atoms with Gasteiger partial charge < -0.3 is 14.4 Å². The molecule has 3 aromatic rings. The minimum Gasteiger partial charge on any atom is -0.465 e. The predicted molar refractivity (Wildman–Crippen MR) is 135 cm³/mol. The van der Waals surface area contributed by atoms with Gasteiger partial charge in [0.25, 0.3) is 0 Å². The molecule has 36 heavy (non-hydrogen) atoms. The van der Waals surface area contributed by atoms with Crippen LogP contribution >= 0.6 is 0 Å². The van der Waals surface area contributed by atoms with Crippen LogP contribution in [0, 0.1) is 0 Å². The van der Waals surface area contributed by atoms with Crippen molar-refractivity contribution in [3.63, 3.8) is 0 Å². The molecule has 3 heterocycles. The standard InChI is InChI=1S/C28H34N4O4/c1-4-35-25(33)28(3,18-20-8-6-5-7-9-20)23-10-15-29-24-22(19-30-32(23)24)21-11-16-31(17-12-21)26(34)36-27(2)13-14-27/h5-10,15,19,21H,4,11-14,16-18H2,1-3H3. The molecule has 190 valence electrons. The Balaban J connectivity index is 1.40. The van der Waals surface area contributed by atoms with Crippen LogP contribution in [0.25, 0.3) is 5.65 Å². The summed E-state index contributed by atoms with van der Waals surface area (Å²) in [6.07, 6.45) is 7.42. The van der Waals surface area contributed by atoms with E-state index in [9.17, 15) is 9.59 Å². The van der Waals surface area contributed by atoms with Crippen LogP contribution in [0.4, 0.5) is 4.79 Å². The Kier molecular flexibility index (Phi) is 6.45. The number of hydrogen-bond donors (Lipinski definition) is 0. The van der Waals surface area contributed by atoms with Crippen LogP contribution in [0.15, 0.2) is 48.8 Å². The van der Waals surface area contributed by atoms with Gasteiger partial charge in [0.2, 0.25) is 0 Å². The average molecular weight is 491 g/mol. The molecule has 2 aliphatic rings. The molecule has 5 rings (SSSR count). The van der Waals surface area contributed by atoms with Gasteiger partial charge in [-0.15, -0.1) is 0 Å². The summed E-state index contributed by atoms with van der Waals surface area (Å²) in [6, 6.07) is 11.8. The molecule has 2 fully saturated rings. The first kappa shape index (κ1) is 24.3. The van der Waals surface area contributed by atoms with Crippen LogP contribution in [0.5, 0.6) is 0 Å². The van der Waals surface area contributed by atoms with Crippen LogP contribution in [-0.2, 0) is 26.1 Å². The molecule has 1 aromatic carbocycles. The lowest BCUT2D eigenvalue weighted by atomic mass is 9.80. The molecular formula is C28H34N4O4. The first-order valence-corrected chi connectivity index (χ1v) is 12.9. The van der Waals surface area contributed by atoms with Crippen molar-refractivity contribution in [2.24, 2.45) is 0 Å². The largest absolute Gasteiger partial charge is 0.465 e. The summed E-state index contributed by atoms with van der Waals surface area (Å²) in [6.45, 7) is 7.32. The van der Waals surface area contributed by atoms with Gasteiger partial charge in [-0.05, 0) is 70.4 Å². The Bertz CT molecular complexity index is 1240.